The smallest absolute Gasteiger partial charge is 0.407 e. The van der Waals surface area contributed by atoms with Crippen molar-refractivity contribution in [2.45, 2.75) is 95.2 Å². The van der Waals surface area contributed by atoms with Crippen LogP contribution in [0.3, 0.4) is 0 Å². The van der Waals surface area contributed by atoms with E-state index in [1.54, 1.807) is 43.3 Å². The maximum absolute atomic E-state index is 15.5. The van der Waals surface area contributed by atoms with E-state index in [1.807, 2.05) is 48.5 Å². The predicted molar refractivity (Wildman–Crippen MR) is 290 cm³/mol. The Bertz CT molecular complexity index is 3600. The topological polar surface area (TPSA) is 274 Å². The van der Waals surface area contributed by atoms with E-state index in [1.165, 1.54) is 17.6 Å². The number of ether oxygens (including phenoxy) is 3. The van der Waals surface area contributed by atoms with Gasteiger partial charge in [-0.3, -0.25) is 28.8 Å². The molecule has 81 heavy (non-hydrogen) atoms. The number of rotatable bonds is 19. The van der Waals surface area contributed by atoms with Crippen molar-refractivity contribution in [3.63, 3.8) is 0 Å². The number of aryl methyl sites for hydroxylation is 1. The second-order valence-electron chi connectivity index (χ2n) is 21.2. The number of nitrogens with zero attached hydrogens (tertiary/aromatic N) is 2. The van der Waals surface area contributed by atoms with Crippen molar-refractivity contribution in [1.82, 2.24) is 41.5 Å². The normalized spacial score (nSPS) is 17.9. The van der Waals surface area contributed by atoms with Crippen LogP contribution in [0.1, 0.15) is 94.6 Å². The summed E-state index contributed by atoms with van der Waals surface area (Å²) in [6.45, 7) is 1.05. The Hall–Kier alpha value is -8.82. The minimum absolute atomic E-state index is 0.0412. The number of hydrogen-bond donors (Lipinski definition) is 7. The quantitative estimate of drug-likeness (QED) is 0.0447. The van der Waals surface area contributed by atoms with Crippen LogP contribution in [0.2, 0.25) is 0 Å². The van der Waals surface area contributed by atoms with Gasteiger partial charge >= 0.3 is 12.1 Å². The van der Waals surface area contributed by atoms with E-state index in [4.69, 9.17) is 19.2 Å². The Morgan fingerprint density at radius 1 is 0.815 bits per heavy atom. The Balaban J connectivity index is 0.671. The van der Waals surface area contributed by atoms with Gasteiger partial charge in [-0.25, -0.2) is 19.0 Å². The summed E-state index contributed by atoms with van der Waals surface area (Å²) in [5.74, 6) is -4.62. The number of aromatic nitrogens is 2. The molecule has 0 unspecified atom stereocenters. The van der Waals surface area contributed by atoms with Crippen molar-refractivity contribution in [3.8, 4) is 22.5 Å². The highest BCUT2D eigenvalue weighted by Gasteiger charge is 2.50. The Morgan fingerprint density at radius 3 is 2.22 bits per heavy atom. The Labute approximate surface area is 463 Å². The van der Waals surface area contributed by atoms with Crippen molar-refractivity contribution < 1.29 is 57.3 Å². The van der Waals surface area contributed by atoms with Gasteiger partial charge in [-0.05, 0) is 89.6 Å². The summed E-state index contributed by atoms with van der Waals surface area (Å²) in [7, 11) is 0. The third-order valence-corrected chi connectivity index (χ3v) is 16.0. The van der Waals surface area contributed by atoms with Gasteiger partial charge in [0.2, 0.25) is 29.5 Å². The minimum Gasteiger partial charge on any atom is -0.458 e. The number of aliphatic hydroxyl groups is 1. The molecule has 4 aromatic carbocycles. The lowest BCUT2D eigenvalue weighted by Crippen LogP contribution is -2.52. The second-order valence-corrected chi connectivity index (χ2v) is 21.2. The molecule has 0 spiro atoms. The van der Waals surface area contributed by atoms with Gasteiger partial charge in [0, 0.05) is 34.9 Å². The molecule has 2 aliphatic heterocycles. The average molecular weight is 1100 g/mol. The maximum Gasteiger partial charge on any atom is 0.407 e. The highest BCUT2D eigenvalue weighted by atomic mass is 19.1. The SMILES string of the molecule is Cc1c(F)cc2nc3c(c4c2c1CC[C@@H]4NC(=O)[C@H](C)OCNC(=O)CNC(=O)[C@H](Cc1ccccc1)NC(=O)CNC(=O)CNC(=O)OCC1c2ccccc2-c2ccccc21)Cn1c-3cc2c(c1=O)COC(=O)[C@]2(O)CC1CC1. The van der Waals surface area contributed by atoms with E-state index in [0.717, 1.165) is 40.7 Å². The summed E-state index contributed by atoms with van der Waals surface area (Å²) in [5.41, 5.74) is 6.34. The highest BCUT2D eigenvalue weighted by Crippen LogP contribution is 2.48. The first kappa shape index (κ1) is 54.2. The van der Waals surface area contributed by atoms with Crippen LogP contribution in [0.4, 0.5) is 9.18 Å². The molecule has 2 aromatic heterocycles. The van der Waals surface area contributed by atoms with Crippen LogP contribution in [0.5, 0.6) is 0 Å². The number of amides is 6. The molecule has 5 aliphatic rings. The molecule has 11 rings (SSSR count). The fourth-order valence-corrected chi connectivity index (χ4v) is 11.6. The lowest BCUT2D eigenvalue weighted by Gasteiger charge is -2.32. The predicted octanol–water partition coefficient (Wildman–Crippen LogP) is 4.00. The van der Waals surface area contributed by atoms with E-state index >= 15 is 4.39 Å². The molecule has 1 saturated carbocycles. The van der Waals surface area contributed by atoms with Crippen LogP contribution >= 0.6 is 0 Å². The number of benzene rings is 4. The van der Waals surface area contributed by atoms with E-state index < -0.39 is 103 Å². The number of pyridine rings is 2. The number of hydrogen-bond acceptors (Lipinski definition) is 13. The van der Waals surface area contributed by atoms with Crippen molar-refractivity contribution in [2.75, 3.05) is 33.0 Å². The van der Waals surface area contributed by atoms with Crippen molar-refractivity contribution >= 4 is 52.5 Å². The molecule has 0 saturated heterocycles. The lowest BCUT2D eigenvalue weighted by atomic mass is 9.81. The number of nitrogens with one attached hydrogen (secondary N) is 6. The monoisotopic (exact) mass is 1100 g/mol. The number of alkyl carbamates (subject to hydrolysis) is 1. The fourth-order valence-electron chi connectivity index (χ4n) is 11.6. The molecule has 6 aromatic rings. The van der Waals surface area contributed by atoms with Gasteiger partial charge in [0.15, 0.2) is 5.60 Å². The molecule has 4 atom stereocenters. The zero-order valence-corrected chi connectivity index (χ0v) is 44.4. The van der Waals surface area contributed by atoms with Crippen molar-refractivity contribution in [3.05, 3.63) is 157 Å². The number of esters is 1. The average Bonchev–Trinajstić information content (AvgIpc) is 4.25. The van der Waals surface area contributed by atoms with Crippen molar-refractivity contribution in [2.24, 2.45) is 5.92 Å². The van der Waals surface area contributed by atoms with E-state index in [-0.39, 0.29) is 55.6 Å². The van der Waals surface area contributed by atoms with Gasteiger partial charge < -0.3 is 55.8 Å². The number of carbonyl (C=O) groups is 7. The first-order chi connectivity index (χ1) is 39.1. The molecule has 3 aliphatic carbocycles. The maximum atomic E-state index is 15.5. The zero-order chi connectivity index (χ0) is 56.7. The van der Waals surface area contributed by atoms with Gasteiger partial charge in [0.05, 0.1) is 48.1 Å². The molecular formula is C60H59FN8O12. The summed E-state index contributed by atoms with van der Waals surface area (Å²) in [5, 5.41) is 28.0. The van der Waals surface area contributed by atoms with Gasteiger partial charge in [-0.15, -0.1) is 0 Å². The largest absolute Gasteiger partial charge is 0.458 e. The molecule has 4 heterocycles. The molecule has 20 nitrogen and oxygen atoms in total. The Kier molecular flexibility index (Phi) is 15.0. The first-order valence-corrected chi connectivity index (χ1v) is 27.0. The molecule has 6 amide bonds. The van der Waals surface area contributed by atoms with E-state index in [0.29, 0.717) is 57.4 Å². The van der Waals surface area contributed by atoms with Crippen LogP contribution < -0.4 is 37.5 Å². The van der Waals surface area contributed by atoms with Crippen LogP contribution in [0, 0.1) is 18.7 Å². The van der Waals surface area contributed by atoms with E-state index in [2.05, 4.69) is 31.9 Å². The van der Waals surface area contributed by atoms with Gasteiger partial charge in [0.25, 0.3) is 5.56 Å². The van der Waals surface area contributed by atoms with Gasteiger partial charge in [-0.2, -0.15) is 0 Å². The van der Waals surface area contributed by atoms with Crippen LogP contribution in [0.25, 0.3) is 33.4 Å². The lowest BCUT2D eigenvalue weighted by molar-refractivity contribution is -0.173. The summed E-state index contributed by atoms with van der Waals surface area (Å²) in [4.78, 5) is 111. The van der Waals surface area contributed by atoms with Gasteiger partial charge in [-0.1, -0.05) is 91.7 Å². The molecule has 418 valence electrons. The van der Waals surface area contributed by atoms with Crippen molar-refractivity contribution in [1.29, 1.82) is 0 Å². The number of fused-ring (bicyclic) bond motifs is 8. The molecule has 1 fully saturated rings. The minimum atomic E-state index is -2.01. The second kappa shape index (κ2) is 22.4. The molecule has 7 N–H and O–H groups in total. The van der Waals surface area contributed by atoms with Crippen LogP contribution in [0.15, 0.2) is 95.8 Å². The summed E-state index contributed by atoms with van der Waals surface area (Å²) in [6, 6.07) is 25.8. The van der Waals surface area contributed by atoms with E-state index in [9.17, 15) is 43.5 Å². The summed E-state index contributed by atoms with van der Waals surface area (Å²) in [6.07, 6.45) is 0.705. The van der Waals surface area contributed by atoms with Crippen LogP contribution in [-0.2, 0) is 74.6 Å². The summed E-state index contributed by atoms with van der Waals surface area (Å²) >= 11 is 0. The highest BCUT2D eigenvalue weighted by molar-refractivity contribution is 5.95. The van der Waals surface area contributed by atoms with Crippen LogP contribution in [-0.4, -0.2) is 101 Å². The molecule has 0 radical (unpaired) electrons. The molecule has 0 bridgehead atoms. The standard InChI is InChI=1S/C60H59FN8O12/c1-31-35-18-19-45(53-40-27-69-48(54(40)67-46(52(35)53)22-44(31)61)21-43-42(57(69)75)29-79-58(76)60(43,78)23-34-16-17-34)68-55(73)32(2)81-30-65-50(71)24-63-56(74)47(20-33-10-4-3-5-11-33)66-51(72)26-62-49(70)25-64-59(77)80-28-41-38-14-8-6-12-36(38)37-13-7-9-15-39(37)41/h3-15,21-22,32,34,41,45,47,78H,16-20,23-30H2,1-2H3,(H,62,70)(H,63,74)(H,64,77)(H,65,71)(H,66,72)(H,68,73)/t32-,45-,47-,60-/m0/s1. The third kappa shape index (κ3) is 10.9. The first-order valence-electron chi connectivity index (χ1n) is 27.0. The summed E-state index contributed by atoms with van der Waals surface area (Å²) < 4.78 is 33.6. The Morgan fingerprint density at radius 2 is 1.49 bits per heavy atom. The number of carbonyl (C=O) groups excluding carboxylic acids is 7. The molecule has 21 heteroatoms. The molecular weight excluding hydrogens is 1040 g/mol. The van der Waals surface area contributed by atoms with Gasteiger partial charge in [0.1, 0.15) is 44.5 Å². The fraction of sp³-hybridized carbons (Fsp3) is 0.350. The number of halogens is 1. The zero-order valence-electron chi connectivity index (χ0n) is 44.4. The third-order valence-electron chi connectivity index (χ3n) is 16.0. The number of cyclic esters (lactones) is 1.